The Morgan fingerprint density at radius 1 is 1.05 bits per heavy atom. The first-order valence-corrected chi connectivity index (χ1v) is 8.18. The van der Waals surface area contributed by atoms with E-state index in [1.165, 1.54) is 0 Å². The molecule has 0 aliphatic carbocycles. The topological polar surface area (TPSA) is 69.4 Å². The molecule has 0 saturated carbocycles. The zero-order valence-electron chi connectivity index (χ0n) is 12.1. The zero-order valence-corrected chi connectivity index (χ0v) is 12.9. The van der Waals surface area contributed by atoms with Gasteiger partial charge in [0.15, 0.2) is 9.84 Å². The summed E-state index contributed by atoms with van der Waals surface area (Å²) in [5.74, 6) is 0.619. The molecule has 112 valence electrons. The van der Waals surface area contributed by atoms with Gasteiger partial charge in [-0.3, -0.25) is 0 Å². The van der Waals surface area contributed by atoms with E-state index in [4.69, 9.17) is 10.5 Å². The highest BCUT2D eigenvalue weighted by Crippen LogP contribution is 2.29. The predicted octanol–water partition coefficient (Wildman–Crippen LogP) is 2.48. The molecule has 0 heterocycles. The summed E-state index contributed by atoms with van der Waals surface area (Å²) in [5, 5.41) is -0.744. The van der Waals surface area contributed by atoms with Gasteiger partial charge in [-0.05, 0) is 36.8 Å². The van der Waals surface area contributed by atoms with Crippen molar-refractivity contribution in [1.82, 2.24) is 0 Å². The van der Waals surface area contributed by atoms with E-state index >= 15 is 0 Å². The van der Waals surface area contributed by atoms with E-state index in [0.717, 1.165) is 5.56 Å². The second-order valence-electron chi connectivity index (χ2n) is 4.86. The Morgan fingerprint density at radius 3 is 2.10 bits per heavy atom. The molecule has 0 saturated heterocycles. The summed E-state index contributed by atoms with van der Waals surface area (Å²) >= 11 is 0. The molecule has 0 aliphatic heterocycles. The van der Waals surface area contributed by atoms with Gasteiger partial charge >= 0.3 is 0 Å². The van der Waals surface area contributed by atoms with Gasteiger partial charge in [-0.25, -0.2) is 8.42 Å². The lowest BCUT2D eigenvalue weighted by Crippen LogP contribution is -2.22. The first-order chi connectivity index (χ1) is 9.98. The highest BCUT2D eigenvalue weighted by atomic mass is 32.2. The number of ether oxygens (including phenoxy) is 1. The Morgan fingerprint density at radius 2 is 1.62 bits per heavy atom. The smallest absolute Gasteiger partial charge is 0.186 e. The van der Waals surface area contributed by atoms with E-state index in [-0.39, 0.29) is 11.4 Å². The number of methoxy groups -OCH3 is 1. The summed E-state index contributed by atoms with van der Waals surface area (Å²) in [5.41, 5.74) is 7.51. The summed E-state index contributed by atoms with van der Waals surface area (Å²) < 4.78 is 30.5. The van der Waals surface area contributed by atoms with Crippen molar-refractivity contribution in [2.45, 2.75) is 17.1 Å². The monoisotopic (exact) mass is 305 g/mol. The molecule has 0 radical (unpaired) electrons. The summed E-state index contributed by atoms with van der Waals surface area (Å²) in [6.45, 7) is 2.00. The van der Waals surface area contributed by atoms with Crippen molar-refractivity contribution in [1.29, 1.82) is 0 Å². The van der Waals surface area contributed by atoms with Crippen LogP contribution in [0.3, 0.4) is 0 Å². The van der Waals surface area contributed by atoms with Crippen LogP contribution in [0, 0.1) is 6.92 Å². The Hall–Kier alpha value is -1.85. The molecular weight excluding hydrogens is 286 g/mol. The van der Waals surface area contributed by atoms with Gasteiger partial charge in [0.05, 0.1) is 12.0 Å². The third-order valence-corrected chi connectivity index (χ3v) is 5.57. The summed E-state index contributed by atoms with van der Waals surface area (Å²) in [4.78, 5) is 0.249. The average molecular weight is 305 g/mol. The summed E-state index contributed by atoms with van der Waals surface area (Å²) in [6, 6.07) is 13.8. The van der Waals surface area contributed by atoms with Crippen molar-refractivity contribution in [3.8, 4) is 5.75 Å². The molecule has 0 aromatic heterocycles. The summed E-state index contributed by atoms with van der Waals surface area (Å²) in [6.07, 6.45) is 0. The quantitative estimate of drug-likeness (QED) is 0.921. The van der Waals surface area contributed by atoms with Crippen LogP contribution in [0.5, 0.6) is 5.75 Å². The molecule has 0 spiro atoms. The average Bonchev–Trinajstić information content (AvgIpc) is 2.50. The van der Waals surface area contributed by atoms with Crippen LogP contribution < -0.4 is 10.5 Å². The molecule has 0 fully saturated rings. The van der Waals surface area contributed by atoms with Crippen LogP contribution >= 0.6 is 0 Å². The number of nitrogens with two attached hydrogens (primary N) is 1. The van der Waals surface area contributed by atoms with Gasteiger partial charge in [0.25, 0.3) is 0 Å². The second kappa shape index (κ2) is 6.28. The fraction of sp³-hybridized carbons (Fsp3) is 0.250. The zero-order chi connectivity index (χ0) is 15.5. The number of hydrogen-bond donors (Lipinski definition) is 1. The lowest BCUT2D eigenvalue weighted by atomic mass is 10.1. The molecule has 4 nitrogen and oxygen atoms in total. The molecule has 0 bridgehead atoms. The molecule has 0 amide bonds. The van der Waals surface area contributed by atoms with Crippen molar-refractivity contribution in [3.05, 3.63) is 59.7 Å². The van der Waals surface area contributed by atoms with Gasteiger partial charge in [-0.1, -0.05) is 29.8 Å². The van der Waals surface area contributed by atoms with Gasteiger partial charge in [0, 0.05) is 6.54 Å². The largest absolute Gasteiger partial charge is 0.497 e. The fourth-order valence-electron chi connectivity index (χ4n) is 2.15. The molecule has 2 aromatic carbocycles. The van der Waals surface area contributed by atoms with Crippen LogP contribution in [0.25, 0.3) is 0 Å². The summed E-state index contributed by atoms with van der Waals surface area (Å²) in [7, 11) is -1.98. The maximum absolute atomic E-state index is 12.7. The lowest BCUT2D eigenvalue weighted by molar-refractivity contribution is 0.414. The van der Waals surface area contributed by atoms with Crippen molar-refractivity contribution < 1.29 is 13.2 Å². The Balaban J connectivity index is 2.41. The minimum atomic E-state index is -3.52. The Bertz CT molecular complexity index is 691. The molecule has 21 heavy (non-hydrogen) atoms. The van der Waals surface area contributed by atoms with Gasteiger partial charge in [-0.15, -0.1) is 0 Å². The highest BCUT2D eigenvalue weighted by Gasteiger charge is 2.27. The first-order valence-electron chi connectivity index (χ1n) is 6.63. The minimum absolute atomic E-state index is 0.0391. The molecule has 5 heteroatoms. The van der Waals surface area contributed by atoms with Crippen LogP contribution in [-0.2, 0) is 9.84 Å². The molecule has 0 unspecified atom stereocenters. The fourth-order valence-corrected chi connectivity index (χ4v) is 3.77. The molecule has 2 rings (SSSR count). The van der Waals surface area contributed by atoms with Gasteiger partial charge in [0.1, 0.15) is 11.0 Å². The maximum atomic E-state index is 12.7. The van der Waals surface area contributed by atoms with Crippen LogP contribution in [-0.4, -0.2) is 22.1 Å². The molecule has 2 aromatic rings. The van der Waals surface area contributed by atoms with Crippen LogP contribution in [0.4, 0.5) is 0 Å². The third-order valence-electron chi connectivity index (χ3n) is 3.43. The predicted molar refractivity (Wildman–Crippen MR) is 83.2 cm³/mol. The van der Waals surface area contributed by atoms with Crippen molar-refractivity contribution in [2.24, 2.45) is 5.73 Å². The van der Waals surface area contributed by atoms with Gasteiger partial charge < -0.3 is 10.5 Å². The van der Waals surface area contributed by atoms with E-state index < -0.39 is 15.1 Å². The van der Waals surface area contributed by atoms with E-state index in [9.17, 15) is 8.42 Å². The first kappa shape index (κ1) is 15.5. The Labute approximate surface area is 125 Å². The number of rotatable bonds is 5. The second-order valence-corrected chi connectivity index (χ2v) is 6.99. The third kappa shape index (κ3) is 3.25. The van der Waals surface area contributed by atoms with Crippen molar-refractivity contribution in [2.75, 3.05) is 13.7 Å². The van der Waals surface area contributed by atoms with Crippen LogP contribution in [0.15, 0.2) is 53.4 Å². The SMILES string of the molecule is COc1ccc(S(=O)(=O)[C@H](CN)c2ccc(C)cc2)cc1. The van der Waals surface area contributed by atoms with E-state index in [2.05, 4.69) is 0 Å². The number of benzene rings is 2. The molecule has 1 atom stereocenters. The van der Waals surface area contributed by atoms with E-state index in [0.29, 0.717) is 11.3 Å². The molecular formula is C16H19NO3S. The van der Waals surface area contributed by atoms with Crippen LogP contribution in [0.2, 0.25) is 0 Å². The normalized spacial score (nSPS) is 12.9. The van der Waals surface area contributed by atoms with Gasteiger partial charge in [-0.2, -0.15) is 0 Å². The maximum Gasteiger partial charge on any atom is 0.186 e. The van der Waals surface area contributed by atoms with Crippen LogP contribution in [0.1, 0.15) is 16.4 Å². The van der Waals surface area contributed by atoms with E-state index in [1.807, 2.05) is 31.2 Å². The van der Waals surface area contributed by atoms with Crippen molar-refractivity contribution in [3.63, 3.8) is 0 Å². The highest BCUT2D eigenvalue weighted by molar-refractivity contribution is 7.91. The molecule has 2 N–H and O–H groups in total. The lowest BCUT2D eigenvalue weighted by Gasteiger charge is -2.17. The molecule has 0 aliphatic rings. The number of sulfone groups is 1. The Kier molecular flexibility index (Phi) is 4.65. The standard InChI is InChI=1S/C16H19NO3S/c1-12-3-5-13(6-4-12)16(11-17)21(18,19)15-9-7-14(20-2)8-10-15/h3-10,16H,11,17H2,1-2H3/t16-/m1/s1. The minimum Gasteiger partial charge on any atom is -0.497 e. The van der Waals surface area contributed by atoms with Crippen molar-refractivity contribution >= 4 is 9.84 Å². The number of hydrogen-bond acceptors (Lipinski definition) is 4. The van der Waals surface area contributed by atoms with E-state index in [1.54, 1.807) is 31.4 Å². The number of aryl methyl sites for hydroxylation is 1. The van der Waals surface area contributed by atoms with Gasteiger partial charge in [0.2, 0.25) is 0 Å².